The molecule has 2 aromatic carbocycles. The van der Waals surface area contributed by atoms with Crippen LogP contribution in [0.15, 0.2) is 76.6 Å². The summed E-state index contributed by atoms with van der Waals surface area (Å²) in [7, 11) is -2.14. The number of aromatic hydroxyl groups is 1. The Labute approximate surface area is 150 Å². The van der Waals surface area contributed by atoms with Crippen LogP contribution in [-0.2, 0) is 15.7 Å². The highest BCUT2D eigenvalue weighted by Gasteiger charge is 2.17. The van der Waals surface area contributed by atoms with E-state index in [1.54, 1.807) is 19.2 Å². The van der Waals surface area contributed by atoms with Gasteiger partial charge in [0.1, 0.15) is 11.6 Å². The molecule has 0 fully saturated rings. The van der Waals surface area contributed by atoms with Gasteiger partial charge in [-0.25, -0.2) is 8.42 Å². The summed E-state index contributed by atoms with van der Waals surface area (Å²) in [6, 6.07) is 16.5. The van der Waals surface area contributed by atoms with Crippen molar-refractivity contribution in [2.45, 2.75) is 10.8 Å². The molecule has 0 unspecified atom stereocenters. The second-order valence-corrected chi connectivity index (χ2v) is 7.62. The summed E-state index contributed by atoms with van der Waals surface area (Å²) in [4.78, 5) is 11.9. The van der Waals surface area contributed by atoms with Crippen LogP contribution >= 0.6 is 0 Å². The van der Waals surface area contributed by atoms with Crippen LogP contribution in [0.3, 0.4) is 0 Å². The van der Waals surface area contributed by atoms with Crippen LogP contribution in [0.2, 0.25) is 0 Å². The summed E-state index contributed by atoms with van der Waals surface area (Å²) in [6.45, 7) is 0. The summed E-state index contributed by atoms with van der Waals surface area (Å²) in [5.74, 6) is -0.288. The first-order valence-electron chi connectivity index (χ1n) is 7.76. The van der Waals surface area contributed by atoms with E-state index >= 15 is 0 Å². The van der Waals surface area contributed by atoms with E-state index in [1.807, 2.05) is 24.3 Å². The van der Waals surface area contributed by atoms with Crippen LogP contribution < -0.4 is 10.3 Å². The van der Waals surface area contributed by atoms with Crippen molar-refractivity contribution in [3.05, 3.63) is 77.2 Å². The molecule has 3 aromatic rings. The molecule has 134 valence electrons. The van der Waals surface area contributed by atoms with E-state index in [4.69, 9.17) is 4.74 Å². The zero-order valence-corrected chi connectivity index (χ0v) is 14.8. The smallest absolute Gasteiger partial charge is 0.293 e. The maximum atomic E-state index is 12.5. The lowest BCUT2D eigenvalue weighted by atomic mass is 10.1. The third-order valence-electron chi connectivity index (χ3n) is 3.95. The van der Waals surface area contributed by atoms with Gasteiger partial charge in [0, 0.05) is 6.20 Å². The molecule has 0 aliphatic heterocycles. The highest BCUT2D eigenvalue weighted by molar-refractivity contribution is 7.90. The molecule has 0 amide bonds. The van der Waals surface area contributed by atoms with Crippen LogP contribution in [0.5, 0.6) is 11.5 Å². The molecule has 0 saturated heterocycles. The van der Waals surface area contributed by atoms with E-state index < -0.39 is 27.0 Å². The van der Waals surface area contributed by atoms with E-state index in [2.05, 4.69) is 0 Å². The molecular formula is C19H17NO5S. The first-order valence-corrected chi connectivity index (χ1v) is 9.41. The van der Waals surface area contributed by atoms with E-state index in [9.17, 15) is 18.3 Å². The predicted octanol–water partition coefficient (Wildman–Crippen LogP) is 2.66. The van der Waals surface area contributed by atoms with Gasteiger partial charge in [-0.3, -0.25) is 9.36 Å². The number of hydrogen-bond donors (Lipinski definition) is 1. The summed E-state index contributed by atoms with van der Waals surface area (Å²) in [6.07, 6.45) is 1.32. The zero-order chi connectivity index (χ0) is 18.7. The van der Waals surface area contributed by atoms with Gasteiger partial charge in [0.2, 0.25) is 0 Å². The molecule has 0 aliphatic rings. The molecule has 3 rings (SSSR count). The Kier molecular flexibility index (Phi) is 4.81. The number of ether oxygens (including phenoxy) is 1. The number of pyridine rings is 1. The minimum Gasteiger partial charge on any atom is -0.503 e. The summed E-state index contributed by atoms with van der Waals surface area (Å²) in [5, 5.41) is 9.43. The number of nitrogens with zero attached hydrogens (tertiary/aromatic N) is 1. The fourth-order valence-corrected chi connectivity index (χ4v) is 3.79. The van der Waals surface area contributed by atoms with Crippen LogP contribution in [0.1, 0.15) is 0 Å². The average molecular weight is 371 g/mol. The normalized spacial score (nSPS) is 11.3. The maximum Gasteiger partial charge on any atom is 0.293 e. The fourth-order valence-electron chi connectivity index (χ4n) is 2.52. The first-order chi connectivity index (χ1) is 12.4. The number of methoxy groups -OCH3 is 1. The minimum atomic E-state index is -3.73. The molecule has 1 heterocycles. The van der Waals surface area contributed by atoms with E-state index in [1.165, 1.54) is 30.5 Å². The van der Waals surface area contributed by atoms with Crippen LogP contribution in [-0.4, -0.2) is 25.2 Å². The number of hydrogen-bond acceptors (Lipinski definition) is 5. The Hall–Kier alpha value is -3.06. The van der Waals surface area contributed by atoms with Crippen molar-refractivity contribution >= 4 is 9.84 Å². The zero-order valence-electron chi connectivity index (χ0n) is 14.0. The first kappa shape index (κ1) is 17.8. The number of rotatable bonds is 5. The molecule has 0 bridgehead atoms. The number of aromatic nitrogens is 1. The highest BCUT2D eigenvalue weighted by Crippen LogP contribution is 2.24. The molecule has 6 nitrogen and oxygen atoms in total. The van der Waals surface area contributed by atoms with E-state index in [0.717, 1.165) is 21.4 Å². The number of sulfone groups is 1. The monoisotopic (exact) mass is 371 g/mol. The van der Waals surface area contributed by atoms with E-state index in [-0.39, 0.29) is 4.90 Å². The Morgan fingerprint density at radius 1 is 0.962 bits per heavy atom. The van der Waals surface area contributed by atoms with Gasteiger partial charge in [0.05, 0.1) is 12.0 Å². The van der Waals surface area contributed by atoms with Gasteiger partial charge in [-0.1, -0.05) is 24.3 Å². The van der Waals surface area contributed by atoms with Crippen molar-refractivity contribution in [2.75, 3.05) is 7.11 Å². The molecular weight excluding hydrogens is 354 g/mol. The summed E-state index contributed by atoms with van der Waals surface area (Å²) >= 11 is 0. The van der Waals surface area contributed by atoms with E-state index in [0.29, 0.717) is 0 Å². The molecule has 26 heavy (non-hydrogen) atoms. The second-order valence-electron chi connectivity index (χ2n) is 5.67. The Bertz CT molecular complexity index is 1070. The number of benzene rings is 2. The van der Waals surface area contributed by atoms with Crippen molar-refractivity contribution in [1.29, 1.82) is 0 Å². The highest BCUT2D eigenvalue weighted by atomic mass is 32.2. The molecule has 0 aliphatic carbocycles. The van der Waals surface area contributed by atoms with Gasteiger partial charge in [-0.2, -0.15) is 0 Å². The Balaban J connectivity index is 1.86. The van der Waals surface area contributed by atoms with Gasteiger partial charge < -0.3 is 9.84 Å². The second kappa shape index (κ2) is 7.05. The predicted molar refractivity (Wildman–Crippen MR) is 98.0 cm³/mol. The molecule has 0 atom stereocenters. The van der Waals surface area contributed by atoms with Crippen molar-refractivity contribution in [2.24, 2.45) is 0 Å². The molecule has 1 N–H and O–H groups in total. The van der Waals surface area contributed by atoms with Crippen LogP contribution in [0.25, 0.3) is 11.1 Å². The average Bonchev–Trinajstić information content (AvgIpc) is 2.65. The fraction of sp³-hybridized carbons (Fsp3) is 0.105. The summed E-state index contributed by atoms with van der Waals surface area (Å²) in [5.41, 5.74) is 1.05. The Morgan fingerprint density at radius 3 is 2.12 bits per heavy atom. The summed E-state index contributed by atoms with van der Waals surface area (Å²) < 4.78 is 31.2. The topological polar surface area (TPSA) is 85.6 Å². The van der Waals surface area contributed by atoms with Crippen LogP contribution in [0.4, 0.5) is 0 Å². The standard InChI is InChI=1S/C19H17NO5S/c1-25-16-8-4-14(5-9-16)15-6-10-17(11-7-15)26(23,24)13-20-12-2-3-18(21)19(20)22/h2-12,21H,13H2,1H3. The van der Waals surface area contributed by atoms with Gasteiger partial charge in [0.25, 0.3) is 5.56 Å². The molecule has 1 aromatic heterocycles. The van der Waals surface area contributed by atoms with Crippen molar-refractivity contribution in [3.63, 3.8) is 0 Å². The largest absolute Gasteiger partial charge is 0.503 e. The van der Waals surface area contributed by atoms with Gasteiger partial charge in [-0.15, -0.1) is 0 Å². The molecule has 0 saturated carbocycles. The lowest BCUT2D eigenvalue weighted by molar-refractivity contribution is 0.415. The minimum absolute atomic E-state index is 0.102. The van der Waals surface area contributed by atoms with Crippen molar-refractivity contribution in [1.82, 2.24) is 4.57 Å². The lowest BCUT2D eigenvalue weighted by Gasteiger charge is -2.09. The lowest BCUT2D eigenvalue weighted by Crippen LogP contribution is -2.23. The maximum absolute atomic E-state index is 12.5. The molecule has 0 spiro atoms. The SMILES string of the molecule is COc1ccc(-c2ccc(S(=O)(=O)Cn3cccc(O)c3=O)cc2)cc1. The van der Waals surface area contributed by atoms with Gasteiger partial charge >= 0.3 is 0 Å². The van der Waals surface area contributed by atoms with Crippen molar-refractivity contribution in [3.8, 4) is 22.6 Å². The Morgan fingerprint density at radius 2 is 1.54 bits per heavy atom. The molecule has 7 heteroatoms. The van der Waals surface area contributed by atoms with Crippen LogP contribution in [0, 0.1) is 0 Å². The van der Waals surface area contributed by atoms with Gasteiger partial charge in [-0.05, 0) is 47.5 Å². The third-order valence-corrected chi connectivity index (χ3v) is 5.55. The van der Waals surface area contributed by atoms with Gasteiger partial charge in [0.15, 0.2) is 15.6 Å². The third kappa shape index (κ3) is 3.62. The molecule has 0 radical (unpaired) electrons. The quantitative estimate of drug-likeness (QED) is 0.745. The van der Waals surface area contributed by atoms with Crippen molar-refractivity contribution < 1.29 is 18.3 Å².